The molecule has 0 unspecified atom stereocenters. The van der Waals surface area contributed by atoms with Crippen molar-refractivity contribution in [1.82, 2.24) is 0 Å². The zero-order valence-electron chi connectivity index (χ0n) is 7.83. The van der Waals surface area contributed by atoms with E-state index in [0.29, 0.717) is 18.6 Å². The molecule has 4 heteroatoms. The molecule has 0 aliphatic carbocycles. The average Bonchev–Trinajstić information content (AvgIpc) is 2.17. The lowest BCUT2D eigenvalue weighted by Crippen LogP contribution is -1.98. The van der Waals surface area contributed by atoms with Crippen LogP contribution in [0.5, 0.6) is 11.5 Å². The lowest BCUT2D eigenvalue weighted by Gasteiger charge is -2.07. The Bertz CT molecular complexity index is 312. The van der Waals surface area contributed by atoms with Gasteiger partial charge in [-0.25, -0.2) is 0 Å². The molecule has 1 rings (SSSR count). The summed E-state index contributed by atoms with van der Waals surface area (Å²) < 4.78 is 11.2. The smallest absolute Gasteiger partial charge is 0.157 e. The van der Waals surface area contributed by atoms with Crippen LogP contribution >= 0.6 is 15.9 Å². The molecule has 0 aromatic heterocycles. The topological polar surface area (TPSA) is 35.5 Å². The van der Waals surface area contributed by atoms with Crippen molar-refractivity contribution in [3.8, 4) is 11.5 Å². The van der Waals surface area contributed by atoms with Crippen LogP contribution in [0.4, 0.5) is 0 Å². The molecule has 1 aromatic carbocycles. The van der Waals surface area contributed by atoms with Gasteiger partial charge in [0.1, 0.15) is 18.1 Å². The van der Waals surface area contributed by atoms with Crippen molar-refractivity contribution in [2.24, 2.45) is 0 Å². The minimum atomic E-state index is 0.0621. The van der Waals surface area contributed by atoms with Crippen LogP contribution in [0, 0.1) is 0 Å². The largest absolute Gasteiger partial charge is 0.494 e. The third-order valence-corrected chi connectivity index (χ3v) is 2.14. The van der Waals surface area contributed by atoms with Crippen molar-refractivity contribution in [3.63, 3.8) is 0 Å². The summed E-state index contributed by atoms with van der Waals surface area (Å²) in [6, 6.07) is 5.37. The quantitative estimate of drug-likeness (QED) is 0.762. The summed E-state index contributed by atoms with van der Waals surface area (Å²) in [6.45, 7) is 2.61. The molecular formula is C10H11BrO3. The second-order valence-corrected chi connectivity index (χ2v) is 3.36. The molecule has 1 aromatic rings. The second kappa shape index (κ2) is 5.65. The van der Waals surface area contributed by atoms with Crippen molar-refractivity contribution in [2.45, 2.75) is 6.92 Å². The Balaban J connectivity index is 2.73. The second-order valence-electron chi connectivity index (χ2n) is 2.50. The number of rotatable bonds is 5. The Hall–Kier alpha value is -1.03. The summed E-state index contributed by atoms with van der Waals surface area (Å²) in [5.41, 5.74) is 0. The zero-order chi connectivity index (χ0) is 10.4. The van der Waals surface area contributed by atoms with E-state index in [0.717, 1.165) is 10.2 Å². The third-order valence-electron chi connectivity index (χ3n) is 1.52. The molecule has 76 valence electrons. The molecule has 0 fully saturated rings. The molecule has 0 bridgehead atoms. The van der Waals surface area contributed by atoms with Gasteiger partial charge in [-0.3, -0.25) is 4.79 Å². The van der Waals surface area contributed by atoms with Gasteiger partial charge < -0.3 is 9.47 Å². The maximum Gasteiger partial charge on any atom is 0.157 e. The van der Waals surface area contributed by atoms with Gasteiger partial charge in [-0.15, -0.1) is 0 Å². The van der Waals surface area contributed by atoms with E-state index in [1.165, 1.54) is 0 Å². The summed E-state index contributed by atoms with van der Waals surface area (Å²) >= 11 is 3.33. The average molecular weight is 259 g/mol. The predicted molar refractivity (Wildman–Crippen MR) is 56.9 cm³/mol. The highest BCUT2D eigenvalue weighted by Gasteiger charge is 2.02. The van der Waals surface area contributed by atoms with Gasteiger partial charge in [0.2, 0.25) is 0 Å². The molecule has 0 saturated carbocycles. The lowest BCUT2D eigenvalue weighted by molar-refractivity contribution is -0.109. The summed E-state index contributed by atoms with van der Waals surface area (Å²) in [6.07, 6.45) is 0.711. The van der Waals surface area contributed by atoms with Crippen LogP contribution in [0.15, 0.2) is 22.7 Å². The maximum absolute atomic E-state index is 10.1. The Morgan fingerprint density at radius 3 is 2.79 bits per heavy atom. The van der Waals surface area contributed by atoms with E-state index in [9.17, 15) is 4.79 Å². The lowest BCUT2D eigenvalue weighted by atomic mass is 10.3. The number of hydrogen-bond donors (Lipinski definition) is 0. The highest BCUT2D eigenvalue weighted by Crippen LogP contribution is 2.29. The first-order chi connectivity index (χ1) is 6.77. The van der Waals surface area contributed by atoms with E-state index in [2.05, 4.69) is 15.9 Å². The van der Waals surface area contributed by atoms with Crippen LogP contribution in [0.1, 0.15) is 6.92 Å². The Kier molecular flexibility index (Phi) is 4.46. The van der Waals surface area contributed by atoms with Crippen LogP contribution in [0.3, 0.4) is 0 Å². The SMILES string of the molecule is CCOc1ccc(OCC=O)c(Br)c1. The fraction of sp³-hybridized carbons (Fsp3) is 0.300. The highest BCUT2D eigenvalue weighted by atomic mass is 79.9. The predicted octanol–water partition coefficient (Wildman–Crippen LogP) is 2.43. The number of benzene rings is 1. The Morgan fingerprint density at radius 2 is 2.21 bits per heavy atom. The van der Waals surface area contributed by atoms with Crippen molar-refractivity contribution < 1.29 is 14.3 Å². The molecule has 0 heterocycles. The molecule has 0 saturated heterocycles. The van der Waals surface area contributed by atoms with Gasteiger partial charge in [-0.2, -0.15) is 0 Å². The van der Waals surface area contributed by atoms with Gasteiger partial charge in [0.05, 0.1) is 11.1 Å². The number of carbonyl (C=O) groups is 1. The van der Waals surface area contributed by atoms with E-state index >= 15 is 0 Å². The molecule has 0 aliphatic heterocycles. The molecule has 0 atom stereocenters. The third kappa shape index (κ3) is 3.03. The molecule has 0 spiro atoms. The van der Waals surface area contributed by atoms with Gasteiger partial charge >= 0.3 is 0 Å². The molecule has 0 radical (unpaired) electrons. The normalized spacial score (nSPS) is 9.57. The van der Waals surface area contributed by atoms with E-state index in [1.54, 1.807) is 12.1 Å². The highest BCUT2D eigenvalue weighted by molar-refractivity contribution is 9.10. The first kappa shape index (κ1) is 11.0. The molecule has 0 aliphatic rings. The summed E-state index contributed by atoms with van der Waals surface area (Å²) in [5.74, 6) is 1.42. The number of aldehydes is 1. The van der Waals surface area contributed by atoms with Crippen LogP contribution in [-0.4, -0.2) is 19.5 Å². The first-order valence-corrected chi connectivity index (χ1v) is 5.06. The zero-order valence-corrected chi connectivity index (χ0v) is 9.41. The van der Waals surface area contributed by atoms with E-state index in [1.807, 2.05) is 13.0 Å². The number of halogens is 1. The molecule has 0 amide bonds. The standard InChI is InChI=1S/C10H11BrO3/c1-2-13-8-3-4-10(9(11)7-8)14-6-5-12/h3-5,7H,2,6H2,1H3. The first-order valence-electron chi connectivity index (χ1n) is 4.26. The van der Waals surface area contributed by atoms with E-state index in [4.69, 9.17) is 9.47 Å². The van der Waals surface area contributed by atoms with Crippen molar-refractivity contribution >= 4 is 22.2 Å². The molecule has 0 N–H and O–H groups in total. The number of hydrogen-bond acceptors (Lipinski definition) is 3. The fourth-order valence-corrected chi connectivity index (χ4v) is 1.45. The van der Waals surface area contributed by atoms with Gasteiger partial charge in [0, 0.05) is 0 Å². The van der Waals surface area contributed by atoms with Gasteiger partial charge in [-0.1, -0.05) is 0 Å². The molecular weight excluding hydrogens is 248 g/mol. The monoisotopic (exact) mass is 258 g/mol. The Morgan fingerprint density at radius 1 is 1.43 bits per heavy atom. The van der Waals surface area contributed by atoms with Crippen LogP contribution in [-0.2, 0) is 4.79 Å². The van der Waals surface area contributed by atoms with Crippen LogP contribution < -0.4 is 9.47 Å². The van der Waals surface area contributed by atoms with Gasteiger partial charge in [0.25, 0.3) is 0 Å². The van der Waals surface area contributed by atoms with Gasteiger partial charge in [0.15, 0.2) is 6.29 Å². The number of carbonyl (C=O) groups excluding carboxylic acids is 1. The maximum atomic E-state index is 10.1. The van der Waals surface area contributed by atoms with Gasteiger partial charge in [-0.05, 0) is 41.1 Å². The van der Waals surface area contributed by atoms with Crippen molar-refractivity contribution in [3.05, 3.63) is 22.7 Å². The van der Waals surface area contributed by atoms with Crippen molar-refractivity contribution in [2.75, 3.05) is 13.2 Å². The summed E-state index contributed by atoms with van der Waals surface area (Å²) in [7, 11) is 0. The van der Waals surface area contributed by atoms with Crippen molar-refractivity contribution in [1.29, 1.82) is 0 Å². The fourth-order valence-electron chi connectivity index (χ4n) is 0.979. The van der Waals surface area contributed by atoms with Crippen LogP contribution in [0.2, 0.25) is 0 Å². The number of ether oxygens (including phenoxy) is 2. The molecule has 3 nitrogen and oxygen atoms in total. The summed E-state index contributed by atoms with van der Waals surface area (Å²) in [5, 5.41) is 0. The van der Waals surface area contributed by atoms with E-state index < -0.39 is 0 Å². The summed E-state index contributed by atoms with van der Waals surface area (Å²) in [4.78, 5) is 10.1. The minimum absolute atomic E-state index is 0.0621. The Labute approximate surface area is 91.1 Å². The minimum Gasteiger partial charge on any atom is -0.494 e. The van der Waals surface area contributed by atoms with Crippen LogP contribution in [0.25, 0.3) is 0 Å². The molecule has 14 heavy (non-hydrogen) atoms. The van der Waals surface area contributed by atoms with E-state index in [-0.39, 0.29) is 6.61 Å².